The van der Waals surface area contributed by atoms with Crippen LogP contribution in [0.3, 0.4) is 0 Å². The Balaban J connectivity index is 3.35. The molecule has 0 radical (unpaired) electrons. The predicted molar refractivity (Wildman–Crippen MR) is 64.2 cm³/mol. The summed E-state index contributed by atoms with van der Waals surface area (Å²) < 4.78 is 10.9. The largest absolute Gasteiger partial charge is 0.379 e. The van der Waals surface area contributed by atoms with Gasteiger partial charge in [0.1, 0.15) is 6.23 Å². The maximum atomic E-state index is 9.43. The van der Waals surface area contributed by atoms with Gasteiger partial charge in [0.15, 0.2) is 0 Å². The van der Waals surface area contributed by atoms with Gasteiger partial charge in [-0.1, -0.05) is 0 Å². The van der Waals surface area contributed by atoms with Gasteiger partial charge in [-0.2, -0.15) is 0 Å². The lowest BCUT2D eigenvalue weighted by Crippen LogP contribution is -2.34. The number of ether oxygens (including phenoxy) is 2. The lowest BCUT2D eigenvalue weighted by atomic mass is 10.3. The standard InChI is InChI=1S/C11H26N2O3/c1-9(2)16-8-10(3)15-7-4-11(14)13-6-5-12/h9-11,13-14H,4-8,12H2,1-3H3. The molecular weight excluding hydrogens is 208 g/mol. The minimum Gasteiger partial charge on any atom is -0.379 e. The van der Waals surface area contributed by atoms with Crippen molar-refractivity contribution in [3.63, 3.8) is 0 Å². The highest BCUT2D eigenvalue weighted by molar-refractivity contribution is 4.55. The van der Waals surface area contributed by atoms with Gasteiger partial charge in [0.25, 0.3) is 0 Å². The second kappa shape index (κ2) is 9.99. The van der Waals surface area contributed by atoms with Gasteiger partial charge in [-0.05, 0) is 20.8 Å². The number of hydrogen-bond donors (Lipinski definition) is 3. The fourth-order valence-electron chi connectivity index (χ4n) is 1.11. The van der Waals surface area contributed by atoms with Crippen LogP contribution in [0, 0.1) is 0 Å². The van der Waals surface area contributed by atoms with Gasteiger partial charge in [-0.25, -0.2) is 0 Å². The summed E-state index contributed by atoms with van der Waals surface area (Å²) in [7, 11) is 0. The first-order chi connectivity index (χ1) is 7.56. The summed E-state index contributed by atoms with van der Waals surface area (Å²) in [6.45, 7) is 8.19. The fraction of sp³-hybridized carbons (Fsp3) is 1.00. The number of nitrogens with one attached hydrogen (secondary N) is 1. The number of nitrogens with two attached hydrogens (primary N) is 1. The van der Waals surface area contributed by atoms with E-state index in [1.807, 2.05) is 20.8 Å². The number of rotatable bonds is 10. The summed E-state index contributed by atoms with van der Waals surface area (Å²) in [5.74, 6) is 0. The second-order valence-electron chi connectivity index (χ2n) is 4.11. The summed E-state index contributed by atoms with van der Waals surface area (Å²) >= 11 is 0. The summed E-state index contributed by atoms with van der Waals surface area (Å²) in [6, 6.07) is 0. The van der Waals surface area contributed by atoms with Gasteiger partial charge < -0.3 is 20.3 Å². The first kappa shape index (κ1) is 15.8. The van der Waals surface area contributed by atoms with E-state index in [9.17, 15) is 5.11 Å². The van der Waals surface area contributed by atoms with Gasteiger partial charge in [0.2, 0.25) is 0 Å². The molecule has 0 bridgehead atoms. The Hall–Kier alpha value is -0.200. The summed E-state index contributed by atoms with van der Waals surface area (Å²) in [6.07, 6.45) is 0.306. The van der Waals surface area contributed by atoms with Crippen LogP contribution >= 0.6 is 0 Å². The molecule has 0 aliphatic rings. The second-order valence-corrected chi connectivity index (χ2v) is 4.11. The lowest BCUT2D eigenvalue weighted by Gasteiger charge is -2.17. The van der Waals surface area contributed by atoms with Gasteiger partial charge in [-0.15, -0.1) is 0 Å². The Morgan fingerprint density at radius 1 is 1.25 bits per heavy atom. The van der Waals surface area contributed by atoms with Crippen molar-refractivity contribution in [2.45, 2.75) is 45.6 Å². The van der Waals surface area contributed by atoms with Crippen LogP contribution in [0.25, 0.3) is 0 Å². The first-order valence-electron chi connectivity index (χ1n) is 5.91. The van der Waals surface area contributed by atoms with Crippen LogP contribution in [-0.4, -0.2) is 49.8 Å². The SMILES string of the molecule is CC(C)OCC(C)OCCC(O)NCCN. The van der Waals surface area contributed by atoms with E-state index in [1.165, 1.54) is 0 Å². The number of aliphatic hydroxyl groups excluding tert-OH is 1. The highest BCUT2D eigenvalue weighted by Crippen LogP contribution is 1.98. The smallest absolute Gasteiger partial charge is 0.107 e. The quantitative estimate of drug-likeness (QED) is 0.466. The topological polar surface area (TPSA) is 76.7 Å². The molecule has 0 spiro atoms. The van der Waals surface area contributed by atoms with E-state index in [1.54, 1.807) is 0 Å². The van der Waals surface area contributed by atoms with E-state index < -0.39 is 6.23 Å². The van der Waals surface area contributed by atoms with Crippen LogP contribution in [0.1, 0.15) is 27.2 Å². The van der Waals surface area contributed by atoms with Crippen LogP contribution in [0.5, 0.6) is 0 Å². The van der Waals surface area contributed by atoms with E-state index in [2.05, 4.69) is 5.32 Å². The van der Waals surface area contributed by atoms with Crippen molar-refractivity contribution in [2.75, 3.05) is 26.3 Å². The van der Waals surface area contributed by atoms with E-state index in [4.69, 9.17) is 15.2 Å². The summed E-state index contributed by atoms with van der Waals surface area (Å²) in [4.78, 5) is 0. The maximum absolute atomic E-state index is 9.43. The Kier molecular flexibility index (Phi) is 9.86. The average molecular weight is 234 g/mol. The molecule has 2 unspecified atom stereocenters. The minimum atomic E-state index is -0.540. The van der Waals surface area contributed by atoms with Crippen LogP contribution in [0.15, 0.2) is 0 Å². The molecule has 5 heteroatoms. The Morgan fingerprint density at radius 2 is 1.94 bits per heavy atom. The molecule has 0 amide bonds. The van der Waals surface area contributed by atoms with Crippen LogP contribution in [0.4, 0.5) is 0 Å². The van der Waals surface area contributed by atoms with Crippen LogP contribution < -0.4 is 11.1 Å². The van der Waals surface area contributed by atoms with Gasteiger partial charge >= 0.3 is 0 Å². The van der Waals surface area contributed by atoms with Crippen molar-refractivity contribution < 1.29 is 14.6 Å². The molecule has 0 aliphatic carbocycles. The number of hydrogen-bond acceptors (Lipinski definition) is 5. The normalized spacial score (nSPS) is 15.4. The molecule has 4 N–H and O–H groups in total. The third-order valence-electron chi connectivity index (χ3n) is 1.98. The minimum absolute atomic E-state index is 0.0594. The van der Waals surface area contributed by atoms with Crippen molar-refractivity contribution >= 4 is 0 Å². The molecule has 0 aromatic heterocycles. The molecule has 0 aliphatic heterocycles. The van der Waals surface area contributed by atoms with E-state index in [0.29, 0.717) is 32.7 Å². The van der Waals surface area contributed by atoms with Crippen LogP contribution in [0.2, 0.25) is 0 Å². The third kappa shape index (κ3) is 10.3. The zero-order chi connectivity index (χ0) is 12.4. The maximum Gasteiger partial charge on any atom is 0.107 e. The Labute approximate surface area is 98.3 Å². The van der Waals surface area contributed by atoms with E-state index >= 15 is 0 Å². The molecule has 2 atom stereocenters. The third-order valence-corrected chi connectivity index (χ3v) is 1.98. The molecule has 0 heterocycles. The van der Waals surface area contributed by atoms with Crippen molar-refractivity contribution in [3.8, 4) is 0 Å². The molecule has 0 aromatic carbocycles. The van der Waals surface area contributed by atoms with Crippen molar-refractivity contribution in [2.24, 2.45) is 5.73 Å². The van der Waals surface area contributed by atoms with Gasteiger partial charge in [-0.3, -0.25) is 5.32 Å². The molecule has 0 fully saturated rings. The molecule has 0 saturated carbocycles. The van der Waals surface area contributed by atoms with E-state index in [-0.39, 0.29) is 12.2 Å². The average Bonchev–Trinajstić information content (AvgIpc) is 2.23. The Bertz CT molecular complexity index is 156. The molecule has 0 rings (SSSR count). The molecule has 5 nitrogen and oxygen atoms in total. The number of aliphatic hydroxyl groups is 1. The van der Waals surface area contributed by atoms with Gasteiger partial charge in [0.05, 0.1) is 25.4 Å². The van der Waals surface area contributed by atoms with Crippen molar-refractivity contribution in [1.82, 2.24) is 5.32 Å². The summed E-state index contributed by atoms with van der Waals surface area (Å²) in [5, 5.41) is 12.3. The monoisotopic (exact) mass is 234 g/mol. The fourth-order valence-corrected chi connectivity index (χ4v) is 1.11. The molecule has 0 aromatic rings. The zero-order valence-corrected chi connectivity index (χ0v) is 10.6. The van der Waals surface area contributed by atoms with Crippen molar-refractivity contribution in [1.29, 1.82) is 0 Å². The van der Waals surface area contributed by atoms with Gasteiger partial charge in [0, 0.05) is 19.5 Å². The highest BCUT2D eigenvalue weighted by atomic mass is 16.5. The predicted octanol–water partition coefficient (Wildman–Crippen LogP) is 0.0733. The molecule has 16 heavy (non-hydrogen) atoms. The summed E-state index contributed by atoms with van der Waals surface area (Å²) in [5.41, 5.74) is 5.30. The first-order valence-corrected chi connectivity index (χ1v) is 5.91. The molecule has 0 saturated heterocycles. The highest BCUT2D eigenvalue weighted by Gasteiger charge is 2.06. The molecule has 98 valence electrons. The Morgan fingerprint density at radius 3 is 2.50 bits per heavy atom. The van der Waals surface area contributed by atoms with Crippen LogP contribution in [-0.2, 0) is 9.47 Å². The molecular formula is C11H26N2O3. The van der Waals surface area contributed by atoms with Crippen molar-refractivity contribution in [3.05, 3.63) is 0 Å². The van der Waals surface area contributed by atoms with E-state index in [0.717, 1.165) is 0 Å². The lowest BCUT2D eigenvalue weighted by molar-refractivity contribution is -0.0360. The zero-order valence-electron chi connectivity index (χ0n) is 10.6.